The van der Waals surface area contributed by atoms with Crippen LogP contribution >= 0.6 is 11.6 Å². The quantitative estimate of drug-likeness (QED) is 0.798. The molecule has 0 saturated heterocycles. The maximum atomic E-state index is 12.7. The smallest absolute Gasteiger partial charge is 0.416 e. The van der Waals surface area contributed by atoms with E-state index in [9.17, 15) is 22.8 Å². The summed E-state index contributed by atoms with van der Waals surface area (Å²) >= 11 is 5.78. The van der Waals surface area contributed by atoms with Crippen LogP contribution in [0, 0.1) is 0 Å². The molecule has 0 saturated carbocycles. The Kier molecular flexibility index (Phi) is 6.46. The molecular weight excluding hydrogens is 373 g/mol. The molecule has 0 atom stereocenters. The Hall–Kier alpha value is -2.74. The first kappa shape index (κ1) is 19.6. The minimum absolute atomic E-state index is 0.0508. The lowest BCUT2D eigenvalue weighted by Gasteiger charge is -2.12. The van der Waals surface area contributed by atoms with Gasteiger partial charge in [0.05, 0.1) is 22.8 Å². The Labute approximate surface area is 152 Å². The third-order valence-electron chi connectivity index (χ3n) is 3.13. The summed E-state index contributed by atoms with van der Waals surface area (Å²) in [6, 6.07) is 11.1. The van der Waals surface area contributed by atoms with Gasteiger partial charge in [0.2, 0.25) is 5.91 Å². The number of carbonyl (C=O) groups is 2. The van der Waals surface area contributed by atoms with Crippen molar-refractivity contribution in [1.29, 1.82) is 0 Å². The highest BCUT2D eigenvalue weighted by molar-refractivity contribution is 6.33. The second kappa shape index (κ2) is 8.57. The average molecular weight is 387 g/mol. The van der Waals surface area contributed by atoms with Crippen LogP contribution in [-0.2, 0) is 15.8 Å². The van der Waals surface area contributed by atoms with Gasteiger partial charge in [0.25, 0.3) is 5.91 Å². The fourth-order valence-electron chi connectivity index (χ4n) is 1.89. The molecule has 26 heavy (non-hydrogen) atoms. The maximum absolute atomic E-state index is 12.7. The Morgan fingerprint density at radius 2 is 1.73 bits per heavy atom. The minimum Gasteiger partial charge on any atom is -0.484 e. The number of anilines is 1. The van der Waals surface area contributed by atoms with Crippen LogP contribution in [0.4, 0.5) is 18.9 Å². The first-order valence-corrected chi connectivity index (χ1v) is 7.74. The lowest BCUT2D eigenvalue weighted by molar-refractivity contribution is -0.137. The van der Waals surface area contributed by atoms with Crippen LogP contribution < -0.4 is 15.4 Å². The van der Waals surface area contributed by atoms with Crippen molar-refractivity contribution in [2.24, 2.45) is 0 Å². The van der Waals surface area contributed by atoms with E-state index in [1.165, 1.54) is 0 Å². The van der Waals surface area contributed by atoms with Crippen molar-refractivity contribution in [1.82, 2.24) is 5.32 Å². The SMILES string of the molecule is O=C(COc1ccccc1)NCC(=O)Nc1cc(C(F)(F)F)ccc1Cl. The van der Waals surface area contributed by atoms with Crippen LogP contribution in [0.1, 0.15) is 5.56 Å². The monoisotopic (exact) mass is 386 g/mol. The molecule has 0 fully saturated rings. The second-order valence-corrected chi connectivity index (χ2v) is 5.53. The number of hydrogen-bond donors (Lipinski definition) is 2. The molecule has 0 aliphatic carbocycles. The molecule has 9 heteroatoms. The van der Waals surface area contributed by atoms with Crippen molar-refractivity contribution < 1.29 is 27.5 Å². The molecule has 0 bridgehead atoms. The topological polar surface area (TPSA) is 67.4 Å². The fourth-order valence-corrected chi connectivity index (χ4v) is 2.05. The number of hydrogen-bond acceptors (Lipinski definition) is 3. The summed E-state index contributed by atoms with van der Waals surface area (Å²) in [5, 5.41) is 4.47. The van der Waals surface area contributed by atoms with Gasteiger partial charge in [0, 0.05) is 0 Å². The molecule has 0 spiro atoms. The summed E-state index contributed by atoms with van der Waals surface area (Å²) in [5.41, 5.74) is -1.14. The van der Waals surface area contributed by atoms with Crippen LogP contribution in [0.5, 0.6) is 5.75 Å². The maximum Gasteiger partial charge on any atom is 0.416 e. The summed E-state index contributed by atoms with van der Waals surface area (Å²) < 4.78 is 43.3. The number of nitrogens with one attached hydrogen (secondary N) is 2. The number of amides is 2. The number of rotatable bonds is 6. The lowest BCUT2D eigenvalue weighted by atomic mass is 10.2. The summed E-state index contributed by atoms with van der Waals surface area (Å²) in [6.45, 7) is -0.745. The Morgan fingerprint density at radius 3 is 2.38 bits per heavy atom. The predicted molar refractivity (Wildman–Crippen MR) is 90.0 cm³/mol. The van der Waals surface area contributed by atoms with Gasteiger partial charge in [-0.05, 0) is 30.3 Å². The van der Waals surface area contributed by atoms with Crippen molar-refractivity contribution in [3.05, 3.63) is 59.1 Å². The van der Waals surface area contributed by atoms with Gasteiger partial charge in [-0.2, -0.15) is 13.2 Å². The van der Waals surface area contributed by atoms with E-state index in [-0.39, 0.29) is 17.3 Å². The number of alkyl halides is 3. The van der Waals surface area contributed by atoms with Crippen molar-refractivity contribution in [3.63, 3.8) is 0 Å². The van der Waals surface area contributed by atoms with E-state index in [1.807, 2.05) is 0 Å². The average Bonchev–Trinajstić information content (AvgIpc) is 2.60. The molecule has 0 aliphatic rings. The molecule has 2 amide bonds. The van der Waals surface area contributed by atoms with Crippen molar-refractivity contribution in [2.45, 2.75) is 6.18 Å². The zero-order chi connectivity index (χ0) is 19.2. The van der Waals surface area contributed by atoms with Crippen molar-refractivity contribution >= 4 is 29.1 Å². The van der Waals surface area contributed by atoms with Crippen molar-refractivity contribution in [2.75, 3.05) is 18.5 Å². The van der Waals surface area contributed by atoms with E-state index in [2.05, 4.69) is 10.6 Å². The molecule has 138 valence electrons. The zero-order valence-corrected chi connectivity index (χ0v) is 14.0. The fraction of sp³-hybridized carbons (Fsp3) is 0.176. The number of carbonyl (C=O) groups excluding carboxylic acids is 2. The Morgan fingerprint density at radius 1 is 1.04 bits per heavy atom. The molecule has 0 aliphatic heterocycles. The lowest BCUT2D eigenvalue weighted by Crippen LogP contribution is -2.35. The van der Waals surface area contributed by atoms with Crippen LogP contribution in [0.3, 0.4) is 0 Å². The first-order chi connectivity index (χ1) is 12.3. The van der Waals surface area contributed by atoms with Gasteiger partial charge in [-0.15, -0.1) is 0 Å². The number of ether oxygens (including phenoxy) is 1. The van der Waals surface area contributed by atoms with Gasteiger partial charge in [0.15, 0.2) is 6.61 Å². The standard InChI is InChI=1S/C17H14ClF3N2O3/c18-13-7-6-11(17(19,20)21)8-14(13)23-15(24)9-22-16(25)10-26-12-4-2-1-3-5-12/h1-8H,9-10H2,(H,22,25)(H,23,24). The van der Waals surface area contributed by atoms with E-state index in [1.54, 1.807) is 30.3 Å². The largest absolute Gasteiger partial charge is 0.484 e. The molecule has 0 radical (unpaired) electrons. The van der Waals surface area contributed by atoms with Crippen LogP contribution in [-0.4, -0.2) is 25.0 Å². The van der Waals surface area contributed by atoms with Crippen LogP contribution in [0.15, 0.2) is 48.5 Å². The highest BCUT2D eigenvalue weighted by atomic mass is 35.5. The van der Waals surface area contributed by atoms with Gasteiger partial charge in [-0.3, -0.25) is 9.59 Å². The van der Waals surface area contributed by atoms with E-state index in [0.29, 0.717) is 5.75 Å². The highest BCUT2D eigenvalue weighted by Gasteiger charge is 2.31. The number of para-hydroxylation sites is 1. The summed E-state index contributed by atoms with van der Waals surface area (Å²) in [7, 11) is 0. The number of benzene rings is 2. The summed E-state index contributed by atoms with van der Waals surface area (Å²) in [4.78, 5) is 23.4. The molecular formula is C17H14ClF3N2O3. The van der Waals surface area contributed by atoms with Crippen LogP contribution in [0.2, 0.25) is 5.02 Å². The molecule has 2 aromatic carbocycles. The van der Waals surface area contributed by atoms with Gasteiger partial charge in [-0.25, -0.2) is 0 Å². The van der Waals surface area contributed by atoms with Crippen molar-refractivity contribution in [3.8, 4) is 5.75 Å². The highest BCUT2D eigenvalue weighted by Crippen LogP contribution is 2.33. The molecule has 2 aromatic rings. The van der Waals surface area contributed by atoms with Gasteiger partial charge in [0.1, 0.15) is 5.75 Å². The normalized spacial score (nSPS) is 10.9. The Balaban J connectivity index is 1.84. The molecule has 5 nitrogen and oxygen atoms in total. The second-order valence-electron chi connectivity index (χ2n) is 5.12. The zero-order valence-electron chi connectivity index (χ0n) is 13.3. The van der Waals surface area contributed by atoms with E-state index < -0.39 is 30.1 Å². The predicted octanol–water partition coefficient (Wildman–Crippen LogP) is 3.49. The first-order valence-electron chi connectivity index (χ1n) is 7.37. The third-order valence-corrected chi connectivity index (χ3v) is 3.46. The van der Waals surface area contributed by atoms with Gasteiger partial charge < -0.3 is 15.4 Å². The summed E-state index contributed by atoms with van der Waals surface area (Å²) in [6.07, 6.45) is -4.56. The molecule has 2 rings (SSSR count). The molecule has 0 unspecified atom stereocenters. The molecule has 0 heterocycles. The molecule has 2 N–H and O–H groups in total. The van der Waals surface area contributed by atoms with Crippen LogP contribution in [0.25, 0.3) is 0 Å². The van der Waals surface area contributed by atoms with Gasteiger partial charge >= 0.3 is 6.18 Å². The molecule has 0 aromatic heterocycles. The van der Waals surface area contributed by atoms with E-state index in [0.717, 1.165) is 18.2 Å². The minimum atomic E-state index is -4.56. The Bertz CT molecular complexity index is 783. The van der Waals surface area contributed by atoms with Gasteiger partial charge in [-0.1, -0.05) is 29.8 Å². The van der Waals surface area contributed by atoms with E-state index in [4.69, 9.17) is 16.3 Å². The number of halogens is 4. The third kappa shape index (κ3) is 5.96. The van der Waals surface area contributed by atoms with E-state index >= 15 is 0 Å². The summed E-state index contributed by atoms with van der Waals surface area (Å²) in [5.74, 6) is -0.790.